The fraction of sp³-hybridized carbons (Fsp3) is 0.0323. The Morgan fingerprint density at radius 1 is 0.732 bits per heavy atom. The molecule has 0 fully saturated rings. The van der Waals surface area contributed by atoms with Crippen LogP contribution in [0.15, 0.2) is 114 Å². The van der Waals surface area contributed by atoms with Gasteiger partial charge < -0.3 is 21.1 Å². The van der Waals surface area contributed by atoms with E-state index in [4.69, 9.17) is 5.11 Å². The van der Waals surface area contributed by atoms with Crippen LogP contribution in [-0.2, 0) is 9.59 Å². The number of aromatic carboxylic acids is 1. The minimum atomic E-state index is -1.05. The van der Waals surface area contributed by atoms with Crippen molar-refractivity contribution in [3.63, 3.8) is 0 Å². The van der Waals surface area contributed by atoms with E-state index in [2.05, 4.69) is 16.0 Å². The van der Waals surface area contributed by atoms with Gasteiger partial charge in [-0.2, -0.15) is 0 Å². The number of carbonyl (C=O) groups is 4. The zero-order valence-corrected chi connectivity index (χ0v) is 22.3. The fourth-order valence-electron chi connectivity index (χ4n) is 3.54. The Balaban J connectivity index is 1.37. The molecule has 0 heterocycles. The van der Waals surface area contributed by atoms with Crippen molar-refractivity contribution < 1.29 is 28.7 Å². The van der Waals surface area contributed by atoms with Gasteiger partial charge in [-0.15, -0.1) is 11.8 Å². The molecule has 0 spiro atoms. The molecular formula is C31H24FN3O5S. The van der Waals surface area contributed by atoms with Gasteiger partial charge in [-0.05, 0) is 84.4 Å². The first-order valence-corrected chi connectivity index (χ1v) is 13.3. The number of benzene rings is 4. The van der Waals surface area contributed by atoms with Crippen LogP contribution in [0.25, 0.3) is 6.08 Å². The summed E-state index contributed by atoms with van der Waals surface area (Å²) in [5, 5.41) is 17.0. The number of hydrogen-bond donors (Lipinski definition) is 4. The molecule has 0 radical (unpaired) electrons. The van der Waals surface area contributed by atoms with Crippen LogP contribution in [0.1, 0.15) is 26.3 Å². The maximum Gasteiger partial charge on any atom is 0.335 e. The quantitative estimate of drug-likeness (QED) is 0.144. The normalized spacial score (nSPS) is 10.9. The molecular weight excluding hydrogens is 545 g/mol. The molecule has 10 heteroatoms. The van der Waals surface area contributed by atoms with Crippen molar-refractivity contribution in [1.29, 1.82) is 0 Å². The summed E-state index contributed by atoms with van der Waals surface area (Å²) in [5.41, 5.74) is 1.93. The topological polar surface area (TPSA) is 125 Å². The van der Waals surface area contributed by atoms with E-state index in [9.17, 15) is 23.6 Å². The van der Waals surface area contributed by atoms with E-state index < -0.39 is 23.6 Å². The number of rotatable bonds is 10. The highest BCUT2D eigenvalue weighted by Gasteiger charge is 2.15. The molecule has 0 aliphatic carbocycles. The van der Waals surface area contributed by atoms with Crippen molar-refractivity contribution in [1.82, 2.24) is 5.32 Å². The molecule has 0 aliphatic rings. The summed E-state index contributed by atoms with van der Waals surface area (Å²) in [6.45, 7) is 0. The van der Waals surface area contributed by atoms with Crippen LogP contribution in [-0.4, -0.2) is 34.6 Å². The molecule has 3 amide bonds. The van der Waals surface area contributed by atoms with Crippen molar-refractivity contribution in [2.45, 2.75) is 4.90 Å². The SMILES string of the molecule is O=C(CSc1ccc(NC(=O)/C(=C/c2ccc(F)cc2)NC(=O)c2ccccc2)cc1)Nc1ccc(C(=O)O)cc1. The second kappa shape index (κ2) is 13.7. The smallest absolute Gasteiger partial charge is 0.335 e. The van der Waals surface area contributed by atoms with Crippen LogP contribution in [0.5, 0.6) is 0 Å². The Morgan fingerprint density at radius 2 is 1.34 bits per heavy atom. The van der Waals surface area contributed by atoms with E-state index in [1.807, 2.05) is 0 Å². The summed E-state index contributed by atoms with van der Waals surface area (Å²) in [5.74, 6) is -2.67. The van der Waals surface area contributed by atoms with Crippen LogP contribution in [0, 0.1) is 5.82 Å². The van der Waals surface area contributed by atoms with Crippen molar-refractivity contribution in [3.8, 4) is 0 Å². The largest absolute Gasteiger partial charge is 0.478 e. The molecule has 4 N–H and O–H groups in total. The third kappa shape index (κ3) is 8.64. The molecule has 41 heavy (non-hydrogen) atoms. The van der Waals surface area contributed by atoms with Gasteiger partial charge in [0.15, 0.2) is 0 Å². The minimum Gasteiger partial charge on any atom is -0.478 e. The highest BCUT2D eigenvalue weighted by molar-refractivity contribution is 8.00. The predicted molar refractivity (Wildman–Crippen MR) is 156 cm³/mol. The summed E-state index contributed by atoms with van der Waals surface area (Å²) < 4.78 is 13.4. The fourth-order valence-corrected chi connectivity index (χ4v) is 4.24. The number of hydrogen-bond acceptors (Lipinski definition) is 5. The van der Waals surface area contributed by atoms with Gasteiger partial charge in [0.25, 0.3) is 11.8 Å². The first-order chi connectivity index (χ1) is 19.8. The lowest BCUT2D eigenvalue weighted by Gasteiger charge is -2.12. The minimum absolute atomic E-state index is 0.0306. The standard InChI is InChI=1S/C31H24FN3O5S/c32-23-10-6-20(7-11-23)18-27(35-29(37)21-4-2-1-3-5-21)30(38)34-25-14-16-26(17-15-25)41-19-28(36)33-24-12-8-22(9-13-24)31(39)40/h1-18H,19H2,(H,33,36)(H,34,38)(H,35,37)(H,39,40)/b27-18-. The van der Waals surface area contributed by atoms with E-state index in [0.717, 1.165) is 4.90 Å². The highest BCUT2D eigenvalue weighted by Crippen LogP contribution is 2.21. The van der Waals surface area contributed by atoms with Crippen LogP contribution >= 0.6 is 11.8 Å². The number of nitrogens with one attached hydrogen (secondary N) is 3. The average molecular weight is 570 g/mol. The first-order valence-electron chi connectivity index (χ1n) is 12.3. The summed E-state index contributed by atoms with van der Waals surface area (Å²) in [7, 11) is 0. The van der Waals surface area contributed by atoms with Crippen LogP contribution in [0.3, 0.4) is 0 Å². The van der Waals surface area contributed by atoms with Gasteiger partial charge in [-0.1, -0.05) is 30.3 Å². The van der Waals surface area contributed by atoms with Crippen molar-refractivity contribution >= 4 is 52.9 Å². The van der Waals surface area contributed by atoms with Gasteiger partial charge in [0.2, 0.25) is 5.91 Å². The Bertz CT molecular complexity index is 1570. The summed E-state index contributed by atoms with van der Waals surface area (Å²) in [6, 6.07) is 26.6. The van der Waals surface area contributed by atoms with Gasteiger partial charge in [0, 0.05) is 21.8 Å². The number of carboxylic acids is 1. The molecule has 0 bridgehead atoms. The Kier molecular flexibility index (Phi) is 9.63. The molecule has 0 atom stereocenters. The number of halogens is 1. The average Bonchev–Trinajstić information content (AvgIpc) is 2.98. The second-order valence-corrected chi connectivity index (χ2v) is 9.68. The molecule has 0 saturated heterocycles. The lowest BCUT2D eigenvalue weighted by Crippen LogP contribution is -2.30. The third-order valence-electron chi connectivity index (χ3n) is 5.61. The second-order valence-electron chi connectivity index (χ2n) is 8.63. The lowest BCUT2D eigenvalue weighted by molar-refractivity contribution is -0.114. The van der Waals surface area contributed by atoms with E-state index in [-0.39, 0.29) is 22.9 Å². The van der Waals surface area contributed by atoms with Crippen LogP contribution in [0.2, 0.25) is 0 Å². The number of anilines is 2. The lowest BCUT2D eigenvalue weighted by atomic mass is 10.1. The number of thioether (sulfide) groups is 1. The van der Waals surface area contributed by atoms with Crippen LogP contribution in [0.4, 0.5) is 15.8 Å². The molecule has 8 nitrogen and oxygen atoms in total. The Labute approximate surface area is 239 Å². The highest BCUT2D eigenvalue weighted by atomic mass is 32.2. The van der Waals surface area contributed by atoms with E-state index in [0.29, 0.717) is 22.5 Å². The van der Waals surface area contributed by atoms with Gasteiger partial charge in [0.05, 0.1) is 11.3 Å². The third-order valence-corrected chi connectivity index (χ3v) is 6.62. The Morgan fingerprint density at radius 3 is 1.98 bits per heavy atom. The van der Waals surface area contributed by atoms with E-state index >= 15 is 0 Å². The molecule has 0 aromatic heterocycles. The number of carbonyl (C=O) groups excluding carboxylic acids is 3. The maximum absolute atomic E-state index is 13.4. The molecule has 206 valence electrons. The molecule has 4 aromatic rings. The van der Waals surface area contributed by atoms with Crippen molar-refractivity contribution in [2.75, 3.05) is 16.4 Å². The van der Waals surface area contributed by atoms with Gasteiger partial charge in [-0.25, -0.2) is 9.18 Å². The predicted octanol–water partition coefficient (Wildman–Crippen LogP) is 5.66. The zero-order valence-electron chi connectivity index (χ0n) is 21.5. The number of carboxylic acid groups (broad SMARTS) is 1. The summed E-state index contributed by atoms with van der Waals surface area (Å²) in [4.78, 5) is 49.9. The Hall–Kier alpha value is -5.22. The molecule has 0 unspecified atom stereocenters. The maximum atomic E-state index is 13.4. The first kappa shape index (κ1) is 28.8. The molecule has 0 saturated carbocycles. The van der Waals surface area contributed by atoms with Gasteiger partial charge in [-0.3, -0.25) is 14.4 Å². The summed E-state index contributed by atoms with van der Waals surface area (Å²) in [6.07, 6.45) is 1.45. The van der Waals surface area contributed by atoms with Crippen molar-refractivity contribution in [3.05, 3.63) is 131 Å². The monoisotopic (exact) mass is 569 g/mol. The van der Waals surface area contributed by atoms with E-state index in [1.165, 1.54) is 66.4 Å². The van der Waals surface area contributed by atoms with Gasteiger partial charge >= 0.3 is 5.97 Å². The zero-order chi connectivity index (χ0) is 29.2. The van der Waals surface area contributed by atoms with Crippen LogP contribution < -0.4 is 16.0 Å². The molecule has 4 rings (SSSR count). The molecule has 0 aliphatic heterocycles. The summed E-state index contributed by atoms with van der Waals surface area (Å²) >= 11 is 1.28. The molecule has 4 aromatic carbocycles. The van der Waals surface area contributed by atoms with Crippen molar-refractivity contribution in [2.24, 2.45) is 0 Å². The number of amides is 3. The van der Waals surface area contributed by atoms with E-state index in [1.54, 1.807) is 54.6 Å². The van der Waals surface area contributed by atoms with Gasteiger partial charge in [0.1, 0.15) is 11.5 Å².